The van der Waals surface area contributed by atoms with Crippen molar-refractivity contribution in [1.82, 2.24) is 4.98 Å². The summed E-state index contributed by atoms with van der Waals surface area (Å²) in [6.45, 7) is 10.7. The molecular weight excluding hydrogens is 316 g/mol. The zero-order valence-corrected chi connectivity index (χ0v) is 15.9. The van der Waals surface area contributed by atoms with E-state index in [-0.39, 0.29) is 24.7 Å². The quantitative estimate of drug-likeness (QED) is 0.743. The van der Waals surface area contributed by atoms with Crippen LogP contribution in [0.4, 0.5) is 5.69 Å². The number of anilines is 1. The maximum Gasteiger partial charge on any atom is 0.116 e. The van der Waals surface area contributed by atoms with Crippen LogP contribution in [0.2, 0.25) is 0 Å². The molecule has 0 amide bonds. The lowest BCUT2D eigenvalue weighted by molar-refractivity contribution is -0.00499. The summed E-state index contributed by atoms with van der Waals surface area (Å²) < 4.78 is 0. The van der Waals surface area contributed by atoms with E-state index in [0.717, 1.165) is 34.5 Å². The summed E-state index contributed by atoms with van der Waals surface area (Å²) in [5, 5.41) is 21.0. The lowest BCUT2D eigenvalue weighted by Gasteiger charge is -2.40. The largest absolute Gasteiger partial charge is 0.394 e. The fourth-order valence-corrected chi connectivity index (χ4v) is 3.49. The summed E-state index contributed by atoms with van der Waals surface area (Å²) in [6.07, 6.45) is 4.53. The number of pyridine rings is 1. The number of hydrogen-bond acceptors (Lipinski definition) is 5. The molecule has 0 bridgehead atoms. The van der Waals surface area contributed by atoms with Crippen molar-refractivity contribution in [1.29, 1.82) is 0 Å². The summed E-state index contributed by atoms with van der Waals surface area (Å²) in [6, 6.07) is 3.87. The van der Waals surface area contributed by atoms with Crippen molar-refractivity contribution in [2.75, 3.05) is 24.8 Å². The van der Waals surface area contributed by atoms with E-state index >= 15 is 0 Å². The molecule has 2 rings (SSSR count). The van der Waals surface area contributed by atoms with Crippen molar-refractivity contribution in [2.45, 2.75) is 47.1 Å². The van der Waals surface area contributed by atoms with Crippen LogP contribution in [-0.2, 0) is 11.3 Å². The standard InChI is InChI=1S/C20H30N2O3/c1-6-16-11-17(7-8-21-16)22(9-10-23)25-19-15(3)18(13-24)14(2)12-20(19,4)5/h7-8,11-12,19,23-24H,6,9-10,13H2,1-5H3. The molecule has 0 fully saturated rings. The second-order valence-corrected chi connectivity index (χ2v) is 7.14. The van der Waals surface area contributed by atoms with Crippen LogP contribution >= 0.6 is 0 Å². The fraction of sp³-hybridized carbons (Fsp3) is 0.550. The van der Waals surface area contributed by atoms with Gasteiger partial charge < -0.3 is 10.2 Å². The molecule has 1 aromatic rings. The van der Waals surface area contributed by atoms with Crippen LogP contribution in [0, 0.1) is 5.41 Å². The molecule has 138 valence electrons. The summed E-state index contributed by atoms with van der Waals surface area (Å²) >= 11 is 0. The number of rotatable bonds is 7. The lowest BCUT2D eigenvalue weighted by Crippen LogP contribution is -2.42. The third kappa shape index (κ3) is 4.29. The molecule has 0 radical (unpaired) electrons. The molecule has 5 heteroatoms. The average molecular weight is 346 g/mol. The van der Waals surface area contributed by atoms with E-state index < -0.39 is 0 Å². The van der Waals surface area contributed by atoms with Crippen LogP contribution in [-0.4, -0.2) is 41.1 Å². The molecule has 1 aliphatic rings. The first kappa shape index (κ1) is 19.6. The highest BCUT2D eigenvalue weighted by atomic mass is 16.7. The van der Waals surface area contributed by atoms with Gasteiger partial charge in [-0.05, 0) is 49.1 Å². The predicted octanol–water partition coefficient (Wildman–Crippen LogP) is 3.04. The first-order chi connectivity index (χ1) is 11.8. The van der Waals surface area contributed by atoms with Gasteiger partial charge in [-0.3, -0.25) is 14.9 Å². The van der Waals surface area contributed by atoms with Gasteiger partial charge in [0.25, 0.3) is 0 Å². The molecule has 5 nitrogen and oxygen atoms in total. The number of hydroxylamine groups is 1. The van der Waals surface area contributed by atoms with Crippen molar-refractivity contribution >= 4 is 5.69 Å². The minimum Gasteiger partial charge on any atom is -0.394 e. The summed E-state index contributed by atoms with van der Waals surface area (Å²) in [5.74, 6) is 0. The topological polar surface area (TPSA) is 65.8 Å². The van der Waals surface area contributed by atoms with Crippen molar-refractivity contribution < 1.29 is 15.1 Å². The van der Waals surface area contributed by atoms with E-state index in [1.807, 2.05) is 26.0 Å². The monoisotopic (exact) mass is 346 g/mol. The molecule has 2 N–H and O–H groups in total. The van der Waals surface area contributed by atoms with E-state index in [4.69, 9.17) is 4.84 Å². The number of hydrogen-bond donors (Lipinski definition) is 2. The Hall–Kier alpha value is -1.69. The Balaban J connectivity index is 2.36. The Kier molecular flexibility index (Phi) is 6.38. The number of aliphatic hydroxyl groups excluding tert-OH is 2. The van der Waals surface area contributed by atoms with Crippen molar-refractivity contribution in [3.63, 3.8) is 0 Å². The molecule has 0 saturated heterocycles. The molecule has 0 saturated carbocycles. The maximum absolute atomic E-state index is 9.73. The molecular formula is C20H30N2O3. The molecule has 1 heterocycles. The third-order valence-electron chi connectivity index (χ3n) is 4.75. The van der Waals surface area contributed by atoms with Crippen LogP contribution in [0.1, 0.15) is 40.3 Å². The van der Waals surface area contributed by atoms with Crippen molar-refractivity contribution in [2.24, 2.45) is 5.41 Å². The number of aryl methyl sites for hydroxylation is 1. The number of aliphatic hydroxyl groups is 2. The van der Waals surface area contributed by atoms with Gasteiger partial charge in [-0.15, -0.1) is 0 Å². The molecule has 1 atom stereocenters. The van der Waals surface area contributed by atoms with Crippen LogP contribution in [0.3, 0.4) is 0 Å². The van der Waals surface area contributed by atoms with E-state index in [0.29, 0.717) is 6.54 Å². The second kappa shape index (κ2) is 8.13. The molecule has 0 spiro atoms. The SMILES string of the molecule is CCc1cc(N(CCO)OC2C(C)=C(CO)C(C)=CC2(C)C)ccn1. The first-order valence-corrected chi connectivity index (χ1v) is 8.84. The van der Waals surface area contributed by atoms with Gasteiger partial charge in [0, 0.05) is 17.3 Å². The van der Waals surface area contributed by atoms with E-state index in [1.165, 1.54) is 0 Å². The zero-order valence-electron chi connectivity index (χ0n) is 15.9. The van der Waals surface area contributed by atoms with Gasteiger partial charge in [-0.1, -0.05) is 26.8 Å². The van der Waals surface area contributed by atoms with Gasteiger partial charge in [0.1, 0.15) is 6.10 Å². The van der Waals surface area contributed by atoms with Crippen LogP contribution < -0.4 is 5.06 Å². The highest BCUT2D eigenvalue weighted by molar-refractivity contribution is 5.46. The number of aromatic nitrogens is 1. The van der Waals surface area contributed by atoms with E-state index in [9.17, 15) is 10.2 Å². The van der Waals surface area contributed by atoms with Gasteiger partial charge in [0.2, 0.25) is 0 Å². The minimum absolute atomic E-state index is 0.000648. The zero-order chi connectivity index (χ0) is 18.6. The van der Waals surface area contributed by atoms with Gasteiger partial charge in [0.05, 0.1) is 25.4 Å². The van der Waals surface area contributed by atoms with Crippen LogP contribution in [0.5, 0.6) is 0 Å². The fourth-order valence-electron chi connectivity index (χ4n) is 3.49. The summed E-state index contributed by atoms with van der Waals surface area (Å²) in [7, 11) is 0. The van der Waals surface area contributed by atoms with Crippen molar-refractivity contribution in [3.05, 3.63) is 46.8 Å². The van der Waals surface area contributed by atoms with Gasteiger partial charge in [0.15, 0.2) is 0 Å². The van der Waals surface area contributed by atoms with Gasteiger partial charge in [-0.2, -0.15) is 0 Å². The molecule has 1 unspecified atom stereocenters. The van der Waals surface area contributed by atoms with Crippen molar-refractivity contribution in [3.8, 4) is 0 Å². The van der Waals surface area contributed by atoms with E-state index in [1.54, 1.807) is 11.3 Å². The Morgan fingerprint density at radius 3 is 2.60 bits per heavy atom. The highest BCUT2D eigenvalue weighted by Crippen LogP contribution is 2.40. The molecule has 0 aliphatic heterocycles. The summed E-state index contributed by atoms with van der Waals surface area (Å²) in [5.41, 5.74) is 4.68. The third-order valence-corrected chi connectivity index (χ3v) is 4.75. The van der Waals surface area contributed by atoms with Crippen LogP contribution in [0.15, 0.2) is 41.1 Å². The lowest BCUT2D eigenvalue weighted by atomic mass is 9.74. The Morgan fingerprint density at radius 1 is 1.28 bits per heavy atom. The second-order valence-electron chi connectivity index (χ2n) is 7.14. The molecule has 0 aromatic carbocycles. The average Bonchev–Trinajstić information content (AvgIpc) is 2.57. The number of nitrogens with zero attached hydrogens (tertiary/aromatic N) is 2. The van der Waals surface area contributed by atoms with Gasteiger partial charge >= 0.3 is 0 Å². The smallest absolute Gasteiger partial charge is 0.116 e. The normalized spacial score (nSPS) is 19.8. The van der Waals surface area contributed by atoms with Crippen LogP contribution in [0.25, 0.3) is 0 Å². The first-order valence-electron chi connectivity index (χ1n) is 8.84. The molecule has 25 heavy (non-hydrogen) atoms. The Labute approximate surface area is 150 Å². The van der Waals surface area contributed by atoms with E-state index in [2.05, 4.69) is 31.8 Å². The van der Waals surface area contributed by atoms with Gasteiger partial charge in [-0.25, -0.2) is 0 Å². The maximum atomic E-state index is 9.73. The predicted molar refractivity (Wildman–Crippen MR) is 100 cm³/mol. The Morgan fingerprint density at radius 2 is 2.00 bits per heavy atom. The molecule has 1 aromatic heterocycles. The molecule has 1 aliphatic carbocycles. The highest BCUT2D eigenvalue weighted by Gasteiger charge is 2.37. The minimum atomic E-state index is -0.221. The Bertz CT molecular complexity index is 665. The summed E-state index contributed by atoms with van der Waals surface area (Å²) in [4.78, 5) is 10.7.